The van der Waals surface area contributed by atoms with Crippen LogP contribution in [0.4, 0.5) is 13.2 Å². The van der Waals surface area contributed by atoms with E-state index in [0.29, 0.717) is 16.5 Å². The number of hydrogen-bond acceptors (Lipinski definition) is 2. The van der Waals surface area contributed by atoms with E-state index in [1.54, 1.807) is 12.1 Å². The number of para-hydroxylation sites is 1. The van der Waals surface area contributed by atoms with Gasteiger partial charge in [-0.3, -0.25) is 4.79 Å². The molecule has 3 rings (SSSR count). The maximum Gasteiger partial charge on any atom is 0.416 e. The molecule has 0 amide bonds. The predicted molar refractivity (Wildman–Crippen MR) is 88.9 cm³/mol. The van der Waals surface area contributed by atoms with Gasteiger partial charge in [-0.1, -0.05) is 38.1 Å². The first-order chi connectivity index (χ1) is 11.4. The molecule has 0 unspecified atom stereocenters. The molecule has 6 heteroatoms. The molecule has 0 radical (unpaired) electrons. The molecule has 24 heavy (non-hydrogen) atoms. The van der Waals surface area contributed by atoms with Crippen molar-refractivity contribution in [1.29, 1.82) is 0 Å². The second-order valence-electron chi connectivity index (χ2n) is 4.96. The summed E-state index contributed by atoms with van der Waals surface area (Å²) in [5, 5.41) is 0.454. The minimum absolute atomic E-state index is 0.250. The highest BCUT2D eigenvalue weighted by atomic mass is 19.4. The first-order valence-corrected chi connectivity index (χ1v) is 7.53. The van der Waals surface area contributed by atoms with Crippen LogP contribution in [0.5, 0.6) is 0 Å². The number of nitrogens with zero attached hydrogens (tertiary/aromatic N) is 1. The van der Waals surface area contributed by atoms with Crippen molar-refractivity contribution in [3.05, 3.63) is 63.9 Å². The zero-order chi connectivity index (χ0) is 17.9. The standard InChI is InChI=1S/C16H11F3N2O.C2H6/c1-9-3-2-4-12-13(9)20-14(21-15(12)22)10-5-7-11(8-6-10)16(17,18)19;1-2/h2-8H,1H3,(H,20,21,22);1-2H3. The van der Waals surface area contributed by atoms with Crippen molar-refractivity contribution in [3.63, 3.8) is 0 Å². The Hall–Kier alpha value is -2.63. The fraction of sp³-hybridized carbons (Fsp3) is 0.222. The van der Waals surface area contributed by atoms with Crippen LogP contribution in [0.25, 0.3) is 22.3 Å². The largest absolute Gasteiger partial charge is 0.416 e. The molecule has 0 saturated heterocycles. The summed E-state index contributed by atoms with van der Waals surface area (Å²) in [6, 6.07) is 9.77. The molecule has 1 heterocycles. The monoisotopic (exact) mass is 334 g/mol. The third-order valence-electron chi connectivity index (χ3n) is 3.42. The molecule has 3 nitrogen and oxygen atoms in total. The van der Waals surface area contributed by atoms with Crippen molar-refractivity contribution < 1.29 is 13.2 Å². The zero-order valence-corrected chi connectivity index (χ0v) is 13.5. The normalized spacial score (nSPS) is 11.1. The van der Waals surface area contributed by atoms with E-state index in [1.807, 2.05) is 26.8 Å². The van der Waals surface area contributed by atoms with E-state index >= 15 is 0 Å². The van der Waals surface area contributed by atoms with E-state index in [9.17, 15) is 18.0 Å². The lowest BCUT2D eigenvalue weighted by Gasteiger charge is -2.08. The lowest BCUT2D eigenvalue weighted by Crippen LogP contribution is -2.10. The van der Waals surface area contributed by atoms with Gasteiger partial charge in [0.1, 0.15) is 5.82 Å². The SMILES string of the molecule is CC.Cc1cccc2c(=O)[nH]c(-c3ccc(C(F)(F)F)cc3)nc12. The van der Waals surface area contributed by atoms with E-state index in [2.05, 4.69) is 9.97 Å². The van der Waals surface area contributed by atoms with Crippen LogP contribution in [-0.4, -0.2) is 9.97 Å². The Kier molecular flexibility index (Phi) is 5.07. The Balaban J connectivity index is 0.00000100. The van der Waals surface area contributed by atoms with E-state index in [1.165, 1.54) is 12.1 Å². The van der Waals surface area contributed by atoms with E-state index in [4.69, 9.17) is 0 Å². The number of fused-ring (bicyclic) bond motifs is 1. The maximum atomic E-state index is 12.6. The molecule has 126 valence electrons. The van der Waals surface area contributed by atoms with Gasteiger partial charge < -0.3 is 4.98 Å². The fourth-order valence-electron chi connectivity index (χ4n) is 2.26. The molecular weight excluding hydrogens is 317 g/mol. The van der Waals surface area contributed by atoms with Crippen LogP contribution < -0.4 is 5.56 Å². The molecule has 1 N–H and O–H groups in total. The summed E-state index contributed by atoms with van der Waals surface area (Å²) in [6.45, 7) is 5.82. The molecule has 0 fully saturated rings. The molecule has 0 bridgehead atoms. The molecule has 0 atom stereocenters. The van der Waals surface area contributed by atoms with E-state index in [0.717, 1.165) is 17.7 Å². The predicted octanol–water partition coefficient (Wildman–Crippen LogP) is 4.94. The van der Waals surface area contributed by atoms with Crippen molar-refractivity contribution in [3.8, 4) is 11.4 Å². The van der Waals surface area contributed by atoms with Crippen LogP contribution in [0.15, 0.2) is 47.3 Å². The fourth-order valence-corrected chi connectivity index (χ4v) is 2.26. The van der Waals surface area contributed by atoms with Crippen LogP contribution >= 0.6 is 0 Å². The zero-order valence-electron chi connectivity index (χ0n) is 13.5. The van der Waals surface area contributed by atoms with Gasteiger partial charge in [-0.25, -0.2) is 4.98 Å². The second-order valence-corrected chi connectivity index (χ2v) is 4.96. The summed E-state index contributed by atoms with van der Waals surface area (Å²) >= 11 is 0. The highest BCUT2D eigenvalue weighted by Crippen LogP contribution is 2.30. The van der Waals surface area contributed by atoms with Crippen molar-refractivity contribution in [2.75, 3.05) is 0 Å². The van der Waals surface area contributed by atoms with Gasteiger partial charge >= 0.3 is 6.18 Å². The van der Waals surface area contributed by atoms with Crippen LogP contribution in [0.2, 0.25) is 0 Å². The molecule has 0 saturated carbocycles. The van der Waals surface area contributed by atoms with Gasteiger partial charge in [-0.15, -0.1) is 0 Å². The third-order valence-corrected chi connectivity index (χ3v) is 3.42. The molecule has 2 aromatic carbocycles. The minimum atomic E-state index is -4.39. The van der Waals surface area contributed by atoms with E-state index in [-0.39, 0.29) is 11.4 Å². The van der Waals surface area contributed by atoms with Crippen molar-refractivity contribution in [2.45, 2.75) is 26.9 Å². The number of benzene rings is 2. The summed E-state index contributed by atoms with van der Waals surface area (Å²) in [5.41, 5.74) is 0.743. The summed E-state index contributed by atoms with van der Waals surface area (Å²) in [6.07, 6.45) is -4.39. The van der Waals surface area contributed by atoms with Gasteiger partial charge in [0.25, 0.3) is 5.56 Å². The lowest BCUT2D eigenvalue weighted by atomic mass is 10.1. The summed E-state index contributed by atoms with van der Waals surface area (Å²) in [4.78, 5) is 19.0. The molecule has 0 spiro atoms. The maximum absolute atomic E-state index is 12.6. The lowest BCUT2D eigenvalue weighted by molar-refractivity contribution is -0.137. The first-order valence-electron chi connectivity index (χ1n) is 7.53. The van der Waals surface area contributed by atoms with Crippen LogP contribution in [0.3, 0.4) is 0 Å². The minimum Gasteiger partial charge on any atom is -0.306 e. The summed E-state index contributed by atoms with van der Waals surface area (Å²) in [7, 11) is 0. The van der Waals surface area contributed by atoms with Gasteiger partial charge in [-0.2, -0.15) is 13.2 Å². The van der Waals surface area contributed by atoms with Crippen LogP contribution in [0.1, 0.15) is 25.0 Å². The van der Waals surface area contributed by atoms with Gasteiger partial charge in [0.2, 0.25) is 0 Å². The number of halogens is 3. The van der Waals surface area contributed by atoms with Crippen LogP contribution in [-0.2, 0) is 6.18 Å². The topological polar surface area (TPSA) is 45.8 Å². The molecule has 1 aromatic heterocycles. The number of rotatable bonds is 1. The number of alkyl halides is 3. The summed E-state index contributed by atoms with van der Waals surface area (Å²) in [5.74, 6) is 0.250. The second kappa shape index (κ2) is 6.86. The smallest absolute Gasteiger partial charge is 0.306 e. The number of aromatic amines is 1. The highest BCUT2D eigenvalue weighted by molar-refractivity contribution is 5.82. The van der Waals surface area contributed by atoms with Crippen molar-refractivity contribution >= 4 is 10.9 Å². The van der Waals surface area contributed by atoms with Gasteiger partial charge in [-0.05, 0) is 30.7 Å². The Morgan fingerprint density at radius 2 is 1.62 bits per heavy atom. The van der Waals surface area contributed by atoms with Gasteiger partial charge in [0.05, 0.1) is 16.5 Å². The molecular formula is C18H17F3N2O. The Labute approximate surface area is 137 Å². The number of aryl methyl sites for hydroxylation is 1. The third kappa shape index (κ3) is 3.48. The molecule has 3 aromatic rings. The first kappa shape index (κ1) is 17.7. The Morgan fingerprint density at radius 3 is 2.21 bits per heavy atom. The molecule has 0 aliphatic heterocycles. The Morgan fingerprint density at radius 1 is 1.00 bits per heavy atom. The van der Waals surface area contributed by atoms with Crippen molar-refractivity contribution in [1.82, 2.24) is 9.97 Å². The number of hydrogen-bond donors (Lipinski definition) is 1. The summed E-state index contributed by atoms with van der Waals surface area (Å²) < 4.78 is 37.7. The number of nitrogens with one attached hydrogen (secondary N) is 1. The van der Waals surface area contributed by atoms with Gasteiger partial charge in [0, 0.05) is 5.56 Å². The molecule has 0 aliphatic carbocycles. The number of H-pyrrole nitrogens is 1. The average molecular weight is 334 g/mol. The Bertz CT molecular complexity index is 897. The number of aromatic nitrogens is 2. The average Bonchev–Trinajstić information content (AvgIpc) is 2.57. The van der Waals surface area contributed by atoms with Crippen LogP contribution in [0, 0.1) is 6.92 Å². The van der Waals surface area contributed by atoms with E-state index < -0.39 is 11.7 Å². The highest BCUT2D eigenvalue weighted by Gasteiger charge is 2.30. The van der Waals surface area contributed by atoms with Crippen molar-refractivity contribution in [2.24, 2.45) is 0 Å². The quantitative estimate of drug-likeness (QED) is 0.685. The molecule has 0 aliphatic rings. The van der Waals surface area contributed by atoms with Gasteiger partial charge in [0.15, 0.2) is 0 Å².